The summed E-state index contributed by atoms with van der Waals surface area (Å²) in [5, 5.41) is 6.81. The van der Waals surface area contributed by atoms with E-state index in [4.69, 9.17) is 34.8 Å². The number of benzene rings is 3. The second kappa shape index (κ2) is 9.10. The lowest BCUT2D eigenvalue weighted by molar-refractivity contribution is -0.117. The van der Waals surface area contributed by atoms with Crippen LogP contribution in [0.1, 0.15) is 28.8 Å². The summed E-state index contributed by atoms with van der Waals surface area (Å²) in [6, 6.07) is 15.4. The highest BCUT2D eigenvalue weighted by Crippen LogP contribution is 2.54. The smallest absolute Gasteiger partial charge is 0.257 e. The first kappa shape index (κ1) is 22.6. The van der Waals surface area contributed by atoms with Crippen molar-refractivity contribution >= 4 is 58.0 Å². The number of hydrogen-bond acceptors (Lipinski definition) is 2. The number of halogens is 4. The predicted molar refractivity (Wildman–Crippen MR) is 126 cm³/mol. The molecule has 0 radical (unpaired) electrons. The van der Waals surface area contributed by atoms with Crippen molar-refractivity contribution in [3.05, 3.63) is 92.7 Å². The van der Waals surface area contributed by atoms with Gasteiger partial charge in [-0.3, -0.25) is 9.59 Å². The van der Waals surface area contributed by atoms with E-state index < -0.39 is 11.7 Å². The average molecular weight is 492 g/mol. The van der Waals surface area contributed by atoms with Gasteiger partial charge in [-0.15, -0.1) is 0 Å². The van der Waals surface area contributed by atoms with Crippen LogP contribution in [-0.2, 0) is 4.79 Å². The standard InChI is InChI=1S/C24H18Cl3FN2O2/c1-12-21(13-8-14(25)10-15(26)9-13)22(12)24(32)30-18-6-7-20(27)19(11-18)23(31)29-17-4-2-16(28)3-5-17/h2-12,21-22H,1H3,(H,29,31)(H,30,32)/t12-,21?,22-/m0/s1. The van der Waals surface area contributed by atoms with Crippen LogP contribution in [0.15, 0.2) is 60.7 Å². The molecule has 0 aliphatic heterocycles. The molecule has 1 aliphatic rings. The van der Waals surface area contributed by atoms with Crippen LogP contribution in [0.2, 0.25) is 15.1 Å². The minimum Gasteiger partial charge on any atom is -0.326 e. The van der Waals surface area contributed by atoms with E-state index >= 15 is 0 Å². The number of amides is 2. The molecule has 3 aromatic rings. The maximum Gasteiger partial charge on any atom is 0.257 e. The fourth-order valence-corrected chi connectivity index (χ4v) is 4.62. The normalized spacial score (nSPS) is 19.3. The average Bonchev–Trinajstić information content (AvgIpc) is 3.41. The first-order valence-corrected chi connectivity index (χ1v) is 11.0. The van der Waals surface area contributed by atoms with Gasteiger partial charge in [-0.2, -0.15) is 0 Å². The zero-order valence-electron chi connectivity index (χ0n) is 16.8. The van der Waals surface area contributed by atoms with E-state index in [1.807, 2.05) is 19.1 Å². The third kappa shape index (κ3) is 4.90. The predicted octanol–water partition coefficient (Wildman–Crippen LogP) is 7.03. The Balaban J connectivity index is 1.47. The zero-order chi connectivity index (χ0) is 23.0. The highest BCUT2D eigenvalue weighted by atomic mass is 35.5. The van der Waals surface area contributed by atoms with Crippen LogP contribution < -0.4 is 10.6 Å². The minimum atomic E-state index is -0.469. The summed E-state index contributed by atoms with van der Waals surface area (Å²) in [4.78, 5) is 25.5. The van der Waals surface area contributed by atoms with Gasteiger partial charge < -0.3 is 10.6 Å². The molecular formula is C24H18Cl3FN2O2. The van der Waals surface area contributed by atoms with Crippen molar-refractivity contribution in [2.24, 2.45) is 11.8 Å². The van der Waals surface area contributed by atoms with Gasteiger partial charge in [0, 0.05) is 27.3 Å². The lowest BCUT2D eigenvalue weighted by Crippen LogP contribution is -2.17. The number of anilines is 2. The quantitative estimate of drug-likeness (QED) is 0.403. The third-order valence-electron chi connectivity index (χ3n) is 5.53. The number of carbonyl (C=O) groups is 2. The van der Waals surface area contributed by atoms with Gasteiger partial charge in [0.15, 0.2) is 0 Å². The maximum absolute atomic E-state index is 13.1. The van der Waals surface area contributed by atoms with Crippen LogP contribution in [-0.4, -0.2) is 11.8 Å². The number of nitrogens with one attached hydrogen (secondary N) is 2. The van der Waals surface area contributed by atoms with E-state index in [1.54, 1.807) is 18.2 Å². The molecule has 8 heteroatoms. The Kier molecular flexibility index (Phi) is 6.42. The van der Waals surface area contributed by atoms with E-state index in [-0.39, 0.29) is 34.2 Å². The fourth-order valence-electron chi connectivity index (χ4n) is 3.88. The van der Waals surface area contributed by atoms with E-state index in [0.717, 1.165) is 5.56 Å². The van der Waals surface area contributed by atoms with Crippen molar-refractivity contribution in [3.8, 4) is 0 Å². The number of hydrogen-bond donors (Lipinski definition) is 2. The van der Waals surface area contributed by atoms with Crippen LogP contribution in [0.3, 0.4) is 0 Å². The summed E-state index contributed by atoms with van der Waals surface area (Å²) < 4.78 is 13.1. The van der Waals surface area contributed by atoms with Crippen molar-refractivity contribution in [2.75, 3.05) is 10.6 Å². The summed E-state index contributed by atoms with van der Waals surface area (Å²) in [5.74, 6) is -1.14. The Morgan fingerprint density at radius 3 is 2.12 bits per heavy atom. The number of rotatable bonds is 5. The molecule has 3 atom stereocenters. The van der Waals surface area contributed by atoms with Crippen molar-refractivity contribution in [1.82, 2.24) is 0 Å². The largest absolute Gasteiger partial charge is 0.326 e. The number of carbonyl (C=O) groups excluding carboxylic acids is 2. The molecule has 1 aliphatic carbocycles. The van der Waals surface area contributed by atoms with Gasteiger partial charge in [0.25, 0.3) is 5.91 Å². The Morgan fingerprint density at radius 2 is 1.47 bits per heavy atom. The van der Waals surface area contributed by atoms with Crippen LogP contribution in [0, 0.1) is 17.7 Å². The molecule has 1 fully saturated rings. The summed E-state index contributed by atoms with van der Waals surface area (Å²) >= 11 is 18.4. The Labute approximate surface area is 199 Å². The van der Waals surface area contributed by atoms with Gasteiger partial charge in [-0.25, -0.2) is 4.39 Å². The van der Waals surface area contributed by atoms with Gasteiger partial charge in [0.05, 0.1) is 10.6 Å². The van der Waals surface area contributed by atoms with E-state index in [9.17, 15) is 14.0 Å². The van der Waals surface area contributed by atoms with Crippen molar-refractivity contribution in [1.29, 1.82) is 0 Å². The highest BCUT2D eigenvalue weighted by molar-refractivity contribution is 6.35. The molecule has 32 heavy (non-hydrogen) atoms. The maximum atomic E-state index is 13.1. The molecule has 0 aromatic heterocycles. The van der Waals surface area contributed by atoms with Crippen molar-refractivity contribution in [2.45, 2.75) is 12.8 Å². The molecule has 1 saturated carbocycles. The molecule has 4 rings (SSSR count). The van der Waals surface area contributed by atoms with Crippen LogP contribution in [0.5, 0.6) is 0 Å². The van der Waals surface area contributed by atoms with Gasteiger partial charge in [-0.1, -0.05) is 41.7 Å². The first-order valence-electron chi connectivity index (χ1n) is 9.86. The molecule has 2 amide bonds. The second-order valence-corrected chi connectivity index (χ2v) is 9.04. The summed E-state index contributed by atoms with van der Waals surface area (Å²) in [5.41, 5.74) is 1.99. The summed E-state index contributed by atoms with van der Waals surface area (Å²) in [7, 11) is 0. The summed E-state index contributed by atoms with van der Waals surface area (Å²) in [6.07, 6.45) is 0. The molecule has 0 saturated heterocycles. The van der Waals surface area contributed by atoms with E-state index in [2.05, 4.69) is 10.6 Å². The minimum absolute atomic E-state index is 0.0137. The van der Waals surface area contributed by atoms with Crippen molar-refractivity contribution in [3.63, 3.8) is 0 Å². The second-order valence-electron chi connectivity index (χ2n) is 7.76. The monoisotopic (exact) mass is 490 g/mol. The Hall–Kier alpha value is -2.60. The molecule has 4 nitrogen and oxygen atoms in total. The summed E-state index contributed by atoms with van der Waals surface area (Å²) in [6.45, 7) is 1.99. The first-order chi connectivity index (χ1) is 15.2. The fraction of sp³-hybridized carbons (Fsp3) is 0.167. The lowest BCUT2D eigenvalue weighted by atomic mass is 10.1. The van der Waals surface area contributed by atoms with Crippen LogP contribution in [0.4, 0.5) is 15.8 Å². The Morgan fingerprint density at radius 1 is 0.844 bits per heavy atom. The third-order valence-corrected chi connectivity index (χ3v) is 6.30. The van der Waals surface area contributed by atoms with Crippen LogP contribution >= 0.6 is 34.8 Å². The van der Waals surface area contributed by atoms with E-state index in [1.165, 1.54) is 30.3 Å². The molecular weight excluding hydrogens is 474 g/mol. The lowest BCUT2D eigenvalue weighted by Gasteiger charge is -2.10. The van der Waals surface area contributed by atoms with Gasteiger partial charge >= 0.3 is 0 Å². The molecule has 3 aromatic carbocycles. The molecule has 0 heterocycles. The molecule has 2 N–H and O–H groups in total. The van der Waals surface area contributed by atoms with E-state index in [0.29, 0.717) is 21.4 Å². The van der Waals surface area contributed by atoms with Gasteiger partial charge in [0.1, 0.15) is 5.82 Å². The SMILES string of the molecule is C[C@H]1C(c2cc(Cl)cc(Cl)c2)[C@H]1C(=O)Nc1ccc(Cl)c(C(=O)Nc2ccc(F)cc2)c1. The highest BCUT2D eigenvalue weighted by Gasteiger charge is 2.52. The van der Waals surface area contributed by atoms with Crippen LogP contribution in [0.25, 0.3) is 0 Å². The Bertz CT molecular complexity index is 1180. The van der Waals surface area contributed by atoms with Gasteiger partial charge in [0.2, 0.25) is 5.91 Å². The zero-order valence-corrected chi connectivity index (χ0v) is 19.1. The molecule has 164 valence electrons. The molecule has 0 bridgehead atoms. The molecule has 1 unspecified atom stereocenters. The van der Waals surface area contributed by atoms with Crippen molar-refractivity contribution < 1.29 is 14.0 Å². The van der Waals surface area contributed by atoms with Gasteiger partial charge in [-0.05, 0) is 78.1 Å². The topological polar surface area (TPSA) is 58.2 Å². The molecule has 0 spiro atoms.